The monoisotopic (exact) mass is 708 g/mol. The molecule has 15 heteroatoms. The van der Waals surface area contributed by atoms with E-state index in [9.17, 15) is 21.4 Å². The summed E-state index contributed by atoms with van der Waals surface area (Å²) in [5.74, 6) is 0.429. The highest BCUT2D eigenvalue weighted by Gasteiger charge is 2.34. The molecule has 0 fully saturated rings. The summed E-state index contributed by atoms with van der Waals surface area (Å²) in [6.07, 6.45) is 0.578. The average Bonchev–Trinajstić information content (AvgIpc) is 3.03. The van der Waals surface area contributed by atoms with Crippen LogP contribution in [0, 0.1) is 13.8 Å². The lowest BCUT2D eigenvalue weighted by Gasteiger charge is -2.32. The summed E-state index contributed by atoms with van der Waals surface area (Å²) >= 11 is 0. The summed E-state index contributed by atoms with van der Waals surface area (Å²) in [7, 11) is -10.2. The number of nitrogens with zero attached hydrogens (tertiary/aromatic N) is 4. The first kappa shape index (κ1) is 37.1. The zero-order valence-electron chi connectivity index (χ0n) is 27.7. The van der Waals surface area contributed by atoms with Crippen molar-refractivity contribution >= 4 is 27.8 Å². The molecule has 3 aromatic rings. The molecular weight excluding hydrogens is 663 g/mol. The van der Waals surface area contributed by atoms with E-state index >= 15 is 0 Å². The molecule has 2 bridgehead atoms. The maximum Gasteiger partial charge on any atom is 0.408 e. The number of aryl methyl sites for hydroxylation is 2. The van der Waals surface area contributed by atoms with Gasteiger partial charge in [-0.2, -0.15) is 8.61 Å². The number of rotatable bonds is 10. The fourth-order valence-electron chi connectivity index (χ4n) is 5.29. The number of hydrogen-bond acceptors (Lipinski definition) is 9. The van der Waals surface area contributed by atoms with Gasteiger partial charge < -0.3 is 4.74 Å². The van der Waals surface area contributed by atoms with Crippen LogP contribution in [0.1, 0.15) is 49.2 Å². The van der Waals surface area contributed by atoms with Gasteiger partial charge in [-0.25, -0.2) is 26.1 Å². The van der Waals surface area contributed by atoms with Crippen LogP contribution in [0.3, 0.4) is 0 Å². The van der Waals surface area contributed by atoms with Crippen molar-refractivity contribution in [3.8, 4) is 5.75 Å². The molecule has 0 aliphatic carbocycles. The van der Waals surface area contributed by atoms with E-state index in [1.165, 1.54) is 15.7 Å². The first-order valence-electron chi connectivity index (χ1n) is 15.6. The molecule has 0 saturated carbocycles. The van der Waals surface area contributed by atoms with E-state index in [0.29, 0.717) is 17.1 Å². The first-order valence-corrected chi connectivity index (χ1v) is 20.0. The van der Waals surface area contributed by atoms with Gasteiger partial charge in [-0.15, -0.1) is 0 Å². The highest BCUT2D eigenvalue weighted by molar-refractivity contribution is 7.89. The summed E-state index contributed by atoms with van der Waals surface area (Å²) in [6, 6.07) is 16.5. The second kappa shape index (κ2) is 16.1. The number of pyridine rings is 1. The third-order valence-corrected chi connectivity index (χ3v) is 13.7. The van der Waals surface area contributed by atoms with E-state index in [-0.39, 0.29) is 75.1 Å². The van der Waals surface area contributed by atoms with Gasteiger partial charge in [-0.3, -0.25) is 14.0 Å². The zero-order valence-corrected chi connectivity index (χ0v) is 30.2. The Morgan fingerprint density at radius 3 is 1.47 bits per heavy atom. The van der Waals surface area contributed by atoms with Crippen molar-refractivity contribution in [1.82, 2.24) is 18.3 Å². The molecule has 4 rings (SSSR count). The van der Waals surface area contributed by atoms with Gasteiger partial charge in [0.2, 0.25) is 20.0 Å². The molecule has 0 amide bonds. The van der Waals surface area contributed by atoms with E-state index in [1.807, 2.05) is 13.8 Å². The number of sulfonamides is 2. The molecular formula is C32H45N4O8PS2. The third-order valence-electron chi connectivity index (χ3n) is 7.71. The molecule has 0 saturated heterocycles. The topological polar surface area (TPSA) is 136 Å². The predicted molar refractivity (Wildman–Crippen MR) is 180 cm³/mol. The molecule has 2 aromatic carbocycles. The fourth-order valence-corrected chi connectivity index (χ4v) is 10.0. The molecule has 258 valence electrons. The molecule has 12 nitrogen and oxygen atoms in total. The second-order valence-electron chi connectivity index (χ2n) is 11.3. The van der Waals surface area contributed by atoms with Gasteiger partial charge in [0, 0.05) is 38.3 Å². The third kappa shape index (κ3) is 9.27. The van der Waals surface area contributed by atoms with Crippen molar-refractivity contribution in [2.24, 2.45) is 0 Å². The summed E-state index contributed by atoms with van der Waals surface area (Å²) in [5.41, 5.74) is 2.64. The van der Waals surface area contributed by atoms with Crippen LogP contribution in [-0.4, -0.2) is 81.6 Å². The van der Waals surface area contributed by atoms with Crippen LogP contribution in [0.25, 0.3) is 0 Å². The highest BCUT2D eigenvalue weighted by atomic mass is 32.2. The van der Waals surface area contributed by atoms with Crippen molar-refractivity contribution in [3.63, 3.8) is 0 Å². The lowest BCUT2D eigenvalue weighted by atomic mass is 10.2. The van der Waals surface area contributed by atoms with Crippen molar-refractivity contribution in [2.75, 3.05) is 46.5 Å². The molecule has 0 radical (unpaired) electrons. The smallest absolute Gasteiger partial charge is 0.408 e. The Kier molecular flexibility index (Phi) is 12.8. The average molecular weight is 709 g/mol. The summed E-state index contributed by atoms with van der Waals surface area (Å²) in [5, 5.41) is 0. The van der Waals surface area contributed by atoms with Gasteiger partial charge in [0.15, 0.2) is 0 Å². The number of ether oxygens (including phenoxy) is 1. The Morgan fingerprint density at radius 1 is 0.702 bits per heavy atom. The van der Waals surface area contributed by atoms with Crippen LogP contribution in [0.15, 0.2) is 70.5 Å². The minimum Gasteiger partial charge on any atom is -0.497 e. The van der Waals surface area contributed by atoms with Gasteiger partial charge in [0.25, 0.3) is 0 Å². The van der Waals surface area contributed by atoms with E-state index in [2.05, 4.69) is 0 Å². The van der Waals surface area contributed by atoms with Crippen LogP contribution in [0.4, 0.5) is 0 Å². The number of hydrogen-bond donors (Lipinski definition) is 0. The molecule has 1 aliphatic heterocycles. The largest absolute Gasteiger partial charge is 0.497 e. The Labute approximate surface area is 279 Å². The molecule has 2 heterocycles. The lowest BCUT2D eigenvalue weighted by Crippen LogP contribution is -2.37. The zero-order chi connectivity index (χ0) is 34.2. The Morgan fingerprint density at radius 2 is 1.11 bits per heavy atom. The summed E-state index contributed by atoms with van der Waals surface area (Å²) in [4.78, 5) is 4.99. The lowest BCUT2D eigenvalue weighted by molar-refractivity contribution is 0.163. The van der Waals surface area contributed by atoms with Crippen molar-refractivity contribution in [2.45, 2.75) is 63.4 Å². The summed E-state index contributed by atoms with van der Waals surface area (Å²) in [6.45, 7) is 7.82. The van der Waals surface area contributed by atoms with Gasteiger partial charge in [-0.05, 0) is 64.8 Å². The minimum absolute atomic E-state index is 0.0904. The molecule has 0 atom stereocenters. The SMILES string of the molecule is CCOP(=O)(OCC)N1CCCN(S(=O)(=O)c2ccc(C)cc2)Cc2cc(OC)cc(n2)CN(S(=O)(=O)c2ccc(C)cc2)CCC1. The quantitative estimate of drug-likeness (QED) is 0.253. The van der Waals surface area contributed by atoms with E-state index < -0.39 is 27.8 Å². The molecule has 1 aliphatic rings. The normalized spacial score (nSPS) is 16.9. The predicted octanol–water partition coefficient (Wildman–Crippen LogP) is 5.37. The van der Waals surface area contributed by atoms with E-state index in [0.717, 1.165) is 11.1 Å². The standard InChI is InChI=1S/C32H45N4O8PS2/c1-6-43-45(37,44-7-2)34-18-8-20-35(46(38,39)31-14-10-26(3)11-15-31)24-28-22-30(42-5)23-29(33-28)25-36(21-9-19-34)47(40,41)32-16-12-27(4)13-17-32/h10-17,22-23H,6-9,18-21,24-25H2,1-5H3. The molecule has 0 unspecified atom stereocenters. The van der Waals surface area contributed by atoms with Crippen LogP contribution in [-0.2, 0) is 46.7 Å². The number of methoxy groups -OCH3 is 1. The number of aromatic nitrogens is 1. The Hall–Kier alpha value is -2.68. The first-order chi connectivity index (χ1) is 22.3. The second-order valence-corrected chi connectivity index (χ2v) is 17.2. The van der Waals surface area contributed by atoms with E-state index in [4.69, 9.17) is 18.8 Å². The number of fused-ring (bicyclic) bond motifs is 2. The van der Waals surface area contributed by atoms with Crippen LogP contribution >= 0.6 is 7.75 Å². The van der Waals surface area contributed by atoms with E-state index in [1.54, 1.807) is 79.2 Å². The van der Waals surface area contributed by atoms with Crippen LogP contribution in [0.5, 0.6) is 5.75 Å². The van der Waals surface area contributed by atoms with Gasteiger partial charge >= 0.3 is 7.75 Å². The summed E-state index contributed by atoms with van der Waals surface area (Å²) < 4.78 is 91.1. The van der Waals surface area contributed by atoms with Gasteiger partial charge in [0.1, 0.15) is 5.75 Å². The molecule has 47 heavy (non-hydrogen) atoms. The van der Waals surface area contributed by atoms with Crippen molar-refractivity contribution < 1.29 is 35.2 Å². The van der Waals surface area contributed by atoms with Gasteiger partial charge in [-0.1, -0.05) is 35.4 Å². The van der Waals surface area contributed by atoms with Gasteiger partial charge in [0.05, 0.1) is 54.6 Å². The van der Waals surface area contributed by atoms with Crippen LogP contribution < -0.4 is 4.74 Å². The number of benzene rings is 2. The van der Waals surface area contributed by atoms with Crippen molar-refractivity contribution in [1.29, 1.82) is 0 Å². The Bertz CT molecular complexity index is 1630. The fraction of sp³-hybridized carbons (Fsp3) is 0.469. The minimum atomic E-state index is -3.98. The van der Waals surface area contributed by atoms with Crippen LogP contribution in [0.2, 0.25) is 0 Å². The molecule has 0 spiro atoms. The molecule has 0 N–H and O–H groups in total. The highest BCUT2D eigenvalue weighted by Crippen LogP contribution is 2.52. The molecule has 1 aromatic heterocycles. The van der Waals surface area contributed by atoms with Crippen molar-refractivity contribution in [3.05, 3.63) is 83.2 Å². The Balaban J connectivity index is 1.81. The maximum absolute atomic E-state index is 14.0. The maximum atomic E-state index is 14.0.